The van der Waals surface area contributed by atoms with Crippen molar-refractivity contribution in [3.8, 4) is 5.75 Å². The number of phenols is 1. The van der Waals surface area contributed by atoms with Gasteiger partial charge in [-0.25, -0.2) is 0 Å². The Morgan fingerprint density at radius 1 is 1.22 bits per heavy atom. The van der Waals surface area contributed by atoms with Crippen LogP contribution >= 0.6 is 15.9 Å². The molecule has 0 atom stereocenters. The summed E-state index contributed by atoms with van der Waals surface area (Å²) >= 11 is 3.27. The Balaban J connectivity index is 1.66. The highest BCUT2D eigenvalue weighted by Crippen LogP contribution is 2.57. The molecule has 4 fully saturated rings. The molecule has 4 saturated carbocycles. The summed E-state index contributed by atoms with van der Waals surface area (Å²) in [7, 11) is 0. The molecule has 0 aromatic heterocycles. The molecule has 4 aliphatic rings. The first-order valence-corrected chi connectivity index (χ1v) is 8.95. The number of aromatic hydroxyl groups is 1. The maximum atomic E-state index is 11.0. The van der Waals surface area contributed by atoms with Gasteiger partial charge in [-0.1, -0.05) is 15.9 Å². The molecular formula is C17H19BrN2O3. The minimum absolute atomic E-state index is 0.00170. The van der Waals surface area contributed by atoms with Gasteiger partial charge in [0.25, 0.3) is 0 Å². The first-order chi connectivity index (χ1) is 10.9. The Kier molecular flexibility index (Phi) is 3.48. The number of nitro groups is 1. The second kappa shape index (κ2) is 5.30. The second-order valence-electron chi connectivity index (χ2n) is 7.52. The van der Waals surface area contributed by atoms with Crippen LogP contribution in [0.25, 0.3) is 0 Å². The summed E-state index contributed by atoms with van der Waals surface area (Å²) < 4.78 is 0.578. The molecule has 0 amide bonds. The lowest BCUT2D eigenvalue weighted by Crippen LogP contribution is -2.49. The minimum atomic E-state index is -0.567. The van der Waals surface area contributed by atoms with Crippen LogP contribution in [0, 0.1) is 27.9 Å². The van der Waals surface area contributed by atoms with Crippen LogP contribution in [0.1, 0.15) is 44.1 Å². The Bertz CT molecular complexity index is 666. The van der Waals surface area contributed by atoms with E-state index in [9.17, 15) is 15.2 Å². The highest BCUT2D eigenvalue weighted by molar-refractivity contribution is 9.10. The fourth-order valence-corrected chi connectivity index (χ4v) is 5.74. The zero-order valence-electron chi connectivity index (χ0n) is 12.7. The quantitative estimate of drug-likeness (QED) is 0.479. The standard InChI is InChI=1S/C17H19BrN2O3/c18-14-4-13(16(21)15(5-14)20(22)23)9-19-17-6-10-1-11(7-17)3-12(2-10)8-17/h4-5,9-12,21H,1-3,6-8H2. The fraction of sp³-hybridized carbons (Fsp3) is 0.588. The molecule has 0 aliphatic heterocycles. The summed E-state index contributed by atoms with van der Waals surface area (Å²) in [6.07, 6.45) is 9.10. The molecule has 23 heavy (non-hydrogen) atoms. The van der Waals surface area contributed by atoms with Gasteiger partial charge in [0, 0.05) is 22.3 Å². The van der Waals surface area contributed by atoms with Crippen molar-refractivity contribution in [1.29, 1.82) is 0 Å². The summed E-state index contributed by atoms with van der Waals surface area (Å²) in [5.74, 6) is 2.09. The third kappa shape index (κ3) is 2.67. The topological polar surface area (TPSA) is 75.7 Å². The van der Waals surface area contributed by atoms with Crippen LogP contribution in [0.5, 0.6) is 5.75 Å². The van der Waals surface area contributed by atoms with Gasteiger partial charge in [-0.2, -0.15) is 0 Å². The smallest absolute Gasteiger partial charge is 0.312 e. The van der Waals surface area contributed by atoms with Crippen LogP contribution in [0.3, 0.4) is 0 Å². The summed E-state index contributed by atoms with van der Waals surface area (Å²) in [6.45, 7) is 0. The average Bonchev–Trinajstić information content (AvgIpc) is 2.46. The number of hydrogen-bond acceptors (Lipinski definition) is 4. The molecule has 6 heteroatoms. The molecule has 122 valence electrons. The van der Waals surface area contributed by atoms with Gasteiger partial charge in [0.05, 0.1) is 10.5 Å². The lowest BCUT2D eigenvalue weighted by Gasteiger charge is -2.54. The van der Waals surface area contributed by atoms with Gasteiger partial charge in [0.15, 0.2) is 0 Å². The molecule has 1 N–H and O–H groups in total. The van der Waals surface area contributed by atoms with Crippen molar-refractivity contribution in [3.05, 3.63) is 32.3 Å². The fourth-order valence-electron chi connectivity index (χ4n) is 5.27. The zero-order valence-corrected chi connectivity index (χ0v) is 14.3. The van der Waals surface area contributed by atoms with Gasteiger partial charge in [-0.05, 0) is 62.3 Å². The lowest BCUT2D eigenvalue weighted by atomic mass is 9.53. The zero-order chi connectivity index (χ0) is 16.2. The average molecular weight is 379 g/mol. The van der Waals surface area contributed by atoms with E-state index in [0.717, 1.165) is 37.0 Å². The number of phenolic OH excluding ortho intramolecular Hbond substituents is 1. The van der Waals surface area contributed by atoms with E-state index in [0.29, 0.717) is 10.0 Å². The van der Waals surface area contributed by atoms with E-state index in [2.05, 4.69) is 15.9 Å². The lowest BCUT2D eigenvalue weighted by molar-refractivity contribution is -0.385. The number of nitro benzene ring substituents is 1. The Labute approximate surface area is 143 Å². The van der Waals surface area contributed by atoms with Crippen molar-refractivity contribution in [2.45, 2.75) is 44.1 Å². The van der Waals surface area contributed by atoms with Crippen molar-refractivity contribution in [1.82, 2.24) is 0 Å². The number of aliphatic imine (C=N–C) groups is 1. The van der Waals surface area contributed by atoms with Crippen LogP contribution in [0.2, 0.25) is 0 Å². The molecule has 4 bridgehead atoms. The van der Waals surface area contributed by atoms with Gasteiger partial charge >= 0.3 is 5.69 Å². The second-order valence-corrected chi connectivity index (χ2v) is 8.44. The van der Waals surface area contributed by atoms with Crippen LogP contribution < -0.4 is 0 Å². The number of nitrogens with zero attached hydrogens (tertiary/aromatic N) is 2. The molecule has 5 nitrogen and oxygen atoms in total. The highest BCUT2D eigenvalue weighted by atomic mass is 79.9. The predicted octanol–water partition coefficient (Wildman–Crippen LogP) is 4.45. The molecule has 0 spiro atoms. The van der Waals surface area contributed by atoms with E-state index in [4.69, 9.17) is 4.99 Å². The number of hydrogen-bond donors (Lipinski definition) is 1. The molecule has 0 unspecified atom stereocenters. The van der Waals surface area contributed by atoms with Gasteiger partial charge in [-0.3, -0.25) is 15.1 Å². The Morgan fingerprint density at radius 3 is 2.30 bits per heavy atom. The summed E-state index contributed by atoms with van der Waals surface area (Å²) in [5.41, 5.74) is 0.131. The molecule has 4 aliphatic carbocycles. The maximum absolute atomic E-state index is 11.0. The van der Waals surface area contributed by atoms with E-state index < -0.39 is 4.92 Å². The third-order valence-electron chi connectivity index (χ3n) is 5.76. The van der Waals surface area contributed by atoms with E-state index in [-0.39, 0.29) is 17.0 Å². The SMILES string of the molecule is O=[N+]([O-])c1cc(Br)cc(C=NC23CC4CC(CC(C4)C2)C3)c1O. The molecule has 0 saturated heterocycles. The van der Waals surface area contributed by atoms with Crippen LogP contribution in [0.15, 0.2) is 21.6 Å². The van der Waals surface area contributed by atoms with Crippen LogP contribution in [-0.4, -0.2) is 21.8 Å². The monoisotopic (exact) mass is 378 g/mol. The number of rotatable bonds is 3. The molecule has 0 radical (unpaired) electrons. The van der Waals surface area contributed by atoms with Crippen molar-refractivity contribution >= 4 is 27.8 Å². The summed E-state index contributed by atoms with van der Waals surface area (Å²) in [5, 5.41) is 21.2. The molecule has 1 aromatic rings. The van der Waals surface area contributed by atoms with Crippen molar-refractivity contribution < 1.29 is 10.0 Å². The molecule has 5 rings (SSSR count). The molecular weight excluding hydrogens is 360 g/mol. The van der Waals surface area contributed by atoms with Crippen LogP contribution in [-0.2, 0) is 0 Å². The first-order valence-electron chi connectivity index (χ1n) is 8.16. The maximum Gasteiger partial charge on any atom is 0.312 e. The third-order valence-corrected chi connectivity index (χ3v) is 6.22. The van der Waals surface area contributed by atoms with Crippen molar-refractivity contribution in [3.63, 3.8) is 0 Å². The predicted molar refractivity (Wildman–Crippen MR) is 91.0 cm³/mol. The largest absolute Gasteiger partial charge is 0.502 e. The van der Waals surface area contributed by atoms with Crippen molar-refractivity contribution in [2.24, 2.45) is 22.7 Å². The summed E-state index contributed by atoms with van der Waals surface area (Å²) in [4.78, 5) is 15.3. The van der Waals surface area contributed by atoms with E-state index in [1.165, 1.54) is 25.3 Å². The normalized spacial score (nSPS) is 35.1. The molecule has 0 heterocycles. The first kappa shape index (κ1) is 15.1. The Hall–Kier alpha value is -1.43. The van der Waals surface area contributed by atoms with Crippen LogP contribution in [0.4, 0.5) is 5.69 Å². The Morgan fingerprint density at radius 2 is 1.78 bits per heavy atom. The van der Waals surface area contributed by atoms with E-state index >= 15 is 0 Å². The van der Waals surface area contributed by atoms with E-state index in [1.807, 2.05) is 0 Å². The highest BCUT2D eigenvalue weighted by Gasteiger charge is 2.50. The van der Waals surface area contributed by atoms with Gasteiger partial charge in [0.1, 0.15) is 0 Å². The van der Waals surface area contributed by atoms with Crippen molar-refractivity contribution in [2.75, 3.05) is 0 Å². The van der Waals surface area contributed by atoms with Gasteiger partial charge in [-0.15, -0.1) is 0 Å². The van der Waals surface area contributed by atoms with Gasteiger partial charge in [0.2, 0.25) is 5.75 Å². The summed E-state index contributed by atoms with van der Waals surface area (Å²) in [6, 6.07) is 3.00. The number of benzene rings is 1. The van der Waals surface area contributed by atoms with E-state index in [1.54, 1.807) is 12.3 Å². The van der Waals surface area contributed by atoms with Gasteiger partial charge < -0.3 is 5.11 Å². The number of halogens is 1. The minimum Gasteiger partial charge on any atom is -0.502 e. The molecule has 1 aromatic carbocycles.